The Kier molecular flexibility index (Phi) is 5.45. The first kappa shape index (κ1) is 15.3. The van der Waals surface area contributed by atoms with Gasteiger partial charge in [-0.1, -0.05) is 56.9 Å². The smallest absolute Gasteiger partial charge is 0.314 e. The zero-order chi connectivity index (χ0) is 14.4. The third-order valence-electron chi connectivity index (χ3n) is 5.04. The fourth-order valence-corrected chi connectivity index (χ4v) is 3.63. The van der Waals surface area contributed by atoms with Gasteiger partial charge in [0.1, 0.15) is 0 Å². The minimum Gasteiger partial charge on any atom is -0.481 e. The summed E-state index contributed by atoms with van der Waals surface area (Å²) in [5.74, 6) is 0.0477. The number of carboxylic acids is 1. The molecule has 0 spiro atoms. The number of carboxylic acid groups (broad SMARTS) is 1. The van der Waals surface area contributed by atoms with Gasteiger partial charge < -0.3 is 5.11 Å². The third kappa shape index (κ3) is 3.53. The Bertz CT molecular complexity index is 383. The summed E-state index contributed by atoms with van der Waals surface area (Å²) < 4.78 is 0. The summed E-state index contributed by atoms with van der Waals surface area (Å²) in [6.07, 6.45) is 18.5. The van der Waals surface area contributed by atoms with Gasteiger partial charge in [-0.3, -0.25) is 4.79 Å². The summed E-state index contributed by atoms with van der Waals surface area (Å²) in [5.41, 5.74) is -0.664. The van der Waals surface area contributed by atoms with Crippen molar-refractivity contribution in [3.8, 4) is 0 Å². The maximum absolute atomic E-state index is 12.1. The molecule has 1 N–H and O–H groups in total. The summed E-state index contributed by atoms with van der Waals surface area (Å²) in [4.78, 5) is 12.1. The molecule has 0 aliphatic heterocycles. The highest BCUT2D eigenvalue weighted by molar-refractivity contribution is 5.78. The molecule has 2 heteroatoms. The van der Waals surface area contributed by atoms with Crippen LogP contribution < -0.4 is 0 Å². The van der Waals surface area contributed by atoms with Gasteiger partial charge in [-0.05, 0) is 43.9 Å². The fraction of sp³-hybridized carbons (Fsp3) is 0.722. The Morgan fingerprint density at radius 3 is 2.70 bits per heavy atom. The largest absolute Gasteiger partial charge is 0.481 e. The van der Waals surface area contributed by atoms with Crippen LogP contribution in [-0.4, -0.2) is 11.1 Å². The van der Waals surface area contributed by atoms with E-state index in [2.05, 4.69) is 25.2 Å². The van der Waals surface area contributed by atoms with Gasteiger partial charge in [0.2, 0.25) is 0 Å². The van der Waals surface area contributed by atoms with Crippen molar-refractivity contribution in [3.05, 3.63) is 24.3 Å². The summed E-state index contributed by atoms with van der Waals surface area (Å²) in [7, 11) is 0. The molecule has 0 amide bonds. The van der Waals surface area contributed by atoms with Gasteiger partial charge in [0.15, 0.2) is 0 Å². The average molecular weight is 276 g/mol. The van der Waals surface area contributed by atoms with Crippen molar-refractivity contribution in [2.45, 2.75) is 64.7 Å². The molecular weight excluding hydrogens is 248 g/mol. The second-order valence-corrected chi connectivity index (χ2v) is 6.60. The highest BCUT2D eigenvalue weighted by Crippen LogP contribution is 2.42. The van der Waals surface area contributed by atoms with Gasteiger partial charge >= 0.3 is 5.97 Å². The van der Waals surface area contributed by atoms with Crippen molar-refractivity contribution < 1.29 is 9.90 Å². The van der Waals surface area contributed by atoms with E-state index < -0.39 is 11.4 Å². The molecule has 3 unspecified atom stereocenters. The lowest BCUT2D eigenvalue weighted by Gasteiger charge is -2.35. The van der Waals surface area contributed by atoms with E-state index in [1.54, 1.807) is 0 Å². The Labute approximate surface area is 123 Å². The van der Waals surface area contributed by atoms with Gasteiger partial charge in [-0.2, -0.15) is 0 Å². The molecule has 0 aromatic heterocycles. The molecule has 112 valence electrons. The fourth-order valence-electron chi connectivity index (χ4n) is 3.63. The van der Waals surface area contributed by atoms with Crippen LogP contribution in [0.15, 0.2) is 24.3 Å². The van der Waals surface area contributed by atoms with E-state index in [9.17, 15) is 9.90 Å². The molecule has 2 aliphatic rings. The molecule has 0 bridgehead atoms. The molecular formula is C18H28O2. The van der Waals surface area contributed by atoms with Crippen molar-refractivity contribution in [3.63, 3.8) is 0 Å². The maximum Gasteiger partial charge on any atom is 0.314 e. The lowest BCUT2D eigenvalue weighted by atomic mass is 9.67. The van der Waals surface area contributed by atoms with Gasteiger partial charge in [-0.15, -0.1) is 0 Å². The first-order chi connectivity index (χ1) is 9.65. The molecule has 20 heavy (non-hydrogen) atoms. The third-order valence-corrected chi connectivity index (χ3v) is 5.04. The van der Waals surface area contributed by atoms with Gasteiger partial charge in [0, 0.05) is 0 Å². The lowest BCUT2D eigenvalue weighted by Crippen LogP contribution is -2.37. The molecule has 2 aliphatic carbocycles. The molecule has 0 saturated heterocycles. The van der Waals surface area contributed by atoms with Crippen LogP contribution in [-0.2, 0) is 4.79 Å². The van der Waals surface area contributed by atoms with E-state index >= 15 is 0 Å². The van der Waals surface area contributed by atoms with E-state index in [0.29, 0.717) is 5.92 Å². The number of hydrogen-bond acceptors (Lipinski definition) is 1. The Balaban J connectivity index is 2.30. The van der Waals surface area contributed by atoms with Crippen LogP contribution in [0, 0.1) is 17.3 Å². The van der Waals surface area contributed by atoms with Crippen molar-refractivity contribution in [1.29, 1.82) is 0 Å². The molecule has 0 aromatic carbocycles. The molecule has 0 saturated carbocycles. The van der Waals surface area contributed by atoms with Crippen molar-refractivity contribution in [2.75, 3.05) is 0 Å². The normalized spacial score (nSPS) is 38.9. The number of allylic oxidation sites excluding steroid dienone is 3. The molecule has 3 atom stereocenters. The monoisotopic (exact) mass is 276 g/mol. The summed E-state index contributed by atoms with van der Waals surface area (Å²) >= 11 is 0. The lowest BCUT2D eigenvalue weighted by molar-refractivity contribution is -0.148. The highest BCUT2D eigenvalue weighted by Gasteiger charge is 2.42. The minimum absolute atomic E-state index is 0.168. The van der Waals surface area contributed by atoms with E-state index in [1.165, 1.54) is 19.3 Å². The van der Waals surface area contributed by atoms with E-state index in [-0.39, 0.29) is 5.92 Å². The average Bonchev–Trinajstić information content (AvgIpc) is 2.35. The molecule has 2 nitrogen and oxygen atoms in total. The SMILES string of the molecule is CC1/C=C\C(C(=O)O)(C2/C=C\CCCCC2)CCCC1. The minimum atomic E-state index is -0.664. The zero-order valence-corrected chi connectivity index (χ0v) is 12.7. The van der Waals surface area contributed by atoms with Crippen molar-refractivity contribution in [1.82, 2.24) is 0 Å². The number of hydrogen-bond donors (Lipinski definition) is 1. The van der Waals surface area contributed by atoms with E-state index in [0.717, 1.165) is 38.5 Å². The van der Waals surface area contributed by atoms with Crippen molar-refractivity contribution >= 4 is 5.97 Å². The predicted molar refractivity (Wildman–Crippen MR) is 82.6 cm³/mol. The van der Waals surface area contributed by atoms with Crippen LogP contribution in [0.5, 0.6) is 0 Å². The number of aliphatic carboxylic acids is 1. The van der Waals surface area contributed by atoms with Crippen LogP contribution in [0.1, 0.15) is 64.7 Å². The van der Waals surface area contributed by atoms with Crippen LogP contribution >= 0.6 is 0 Å². The van der Waals surface area contributed by atoms with E-state index in [4.69, 9.17) is 0 Å². The Morgan fingerprint density at radius 1 is 1.10 bits per heavy atom. The second kappa shape index (κ2) is 7.10. The molecule has 0 fully saturated rings. The molecule has 0 heterocycles. The summed E-state index contributed by atoms with van der Waals surface area (Å²) in [5, 5.41) is 9.92. The topological polar surface area (TPSA) is 37.3 Å². The van der Waals surface area contributed by atoms with Crippen LogP contribution in [0.4, 0.5) is 0 Å². The van der Waals surface area contributed by atoms with Crippen LogP contribution in [0.25, 0.3) is 0 Å². The Hall–Kier alpha value is -1.05. The highest BCUT2D eigenvalue weighted by atomic mass is 16.4. The molecule has 2 rings (SSSR count). The van der Waals surface area contributed by atoms with Gasteiger partial charge in [0.05, 0.1) is 5.41 Å². The maximum atomic E-state index is 12.1. The van der Waals surface area contributed by atoms with E-state index in [1.807, 2.05) is 6.08 Å². The predicted octanol–water partition coefficient (Wildman–Crippen LogP) is 4.96. The Morgan fingerprint density at radius 2 is 1.90 bits per heavy atom. The summed E-state index contributed by atoms with van der Waals surface area (Å²) in [6, 6.07) is 0. The number of carbonyl (C=O) groups is 1. The zero-order valence-electron chi connectivity index (χ0n) is 12.7. The standard InChI is InChI=1S/C18H28O2/c1-15-9-7-8-13-18(14-12-15,17(19)20)16-10-5-3-2-4-6-11-16/h5,10,12,14-16H,2-4,6-9,11,13H2,1H3,(H,19,20)/b10-5-,14-12-. The second-order valence-electron chi connectivity index (χ2n) is 6.60. The molecule has 0 radical (unpaired) electrons. The van der Waals surface area contributed by atoms with Crippen LogP contribution in [0.2, 0.25) is 0 Å². The van der Waals surface area contributed by atoms with Gasteiger partial charge in [-0.25, -0.2) is 0 Å². The van der Waals surface area contributed by atoms with Crippen LogP contribution in [0.3, 0.4) is 0 Å². The number of rotatable bonds is 2. The first-order valence-corrected chi connectivity index (χ1v) is 8.24. The van der Waals surface area contributed by atoms with Crippen molar-refractivity contribution in [2.24, 2.45) is 17.3 Å². The summed E-state index contributed by atoms with van der Waals surface area (Å²) in [6.45, 7) is 2.20. The first-order valence-electron chi connectivity index (χ1n) is 8.24. The molecule has 0 aromatic rings. The quantitative estimate of drug-likeness (QED) is 0.724. The van der Waals surface area contributed by atoms with Gasteiger partial charge in [0.25, 0.3) is 0 Å².